The van der Waals surface area contributed by atoms with E-state index in [0.29, 0.717) is 24.2 Å². The highest BCUT2D eigenvalue weighted by Gasteiger charge is 2.54. The van der Waals surface area contributed by atoms with E-state index in [9.17, 15) is 39.5 Å². The largest absolute Gasteiger partial charge is 0.336 e. The molecule has 0 aromatic heterocycles. The van der Waals surface area contributed by atoms with Gasteiger partial charge in [0.2, 0.25) is 5.83 Å². The summed E-state index contributed by atoms with van der Waals surface area (Å²) < 4.78 is 159. The van der Waals surface area contributed by atoms with Gasteiger partial charge < -0.3 is 4.90 Å². The van der Waals surface area contributed by atoms with Crippen molar-refractivity contribution >= 4 is 28.0 Å². The SMILES string of the molecule is CCCCCCN(c1c(F)c(F)c2c(c1F)C(F)=C(F)C2(F)F)c1cccc2c(F)c(F)c(F)c(F)c12. The third kappa shape index (κ3) is 3.91. The van der Waals surface area contributed by atoms with Crippen molar-refractivity contribution in [1.82, 2.24) is 0 Å². The number of hydrogen-bond acceptors (Lipinski definition) is 1. The molecule has 1 aliphatic carbocycles. The van der Waals surface area contributed by atoms with Crippen LogP contribution in [0.4, 0.5) is 59.7 Å². The fourth-order valence-corrected chi connectivity index (χ4v) is 4.39. The molecule has 198 valence electrons. The first kappa shape index (κ1) is 26.7. The second-order valence-corrected chi connectivity index (χ2v) is 8.41. The molecule has 12 heteroatoms. The number of anilines is 2. The molecule has 4 rings (SSSR count). The molecule has 0 atom stereocenters. The average molecular weight is 539 g/mol. The first-order chi connectivity index (χ1) is 17.4. The van der Waals surface area contributed by atoms with Crippen molar-refractivity contribution in [3.05, 3.63) is 75.9 Å². The van der Waals surface area contributed by atoms with Gasteiger partial charge >= 0.3 is 5.92 Å². The van der Waals surface area contributed by atoms with Gasteiger partial charge in [-0.1, -0.05) is 38.3 Å². The lowest BCUT2D eigenvalue weighted by atomic mass is 10.0. The monoisotopic (exact) mass is 539 g/mol. The molecular formula is C25H16F11N. The van der Waals surface area contributed by atoms with E-state index in [0.717, 1.165) is 18.2 Å². The van der Waals surface area contributed by atoms with Gasteiger partial charge in [0.05, 0.1) is 16.8 Å². The van der Waals surface area contributed by atoms with Crippen molar-refractivity contribution in [2.45, 2.75) is 38.5 Å². The normalized spacial score (nSPS) is 14.6. The first-order valence-electron chi connectivity index (χ1n) is 11.0. The molecule has 0 saturated heterocycles. The summed E-state index contributed by atoms with van der Waals surface area (Å²) in [5.74, 6) is -25.4. The summed E-state index contributed by atoms with van der Waals surface area (Å²) in [6.07, 6.45) is 1.71. The molecule has 3 aromatic carbocycles. The molecule has 0 heterocycles. The summed E-state index contributed by atoms with van der Waals surface area (Å²) in [6, 6.07) is 2.74. The molecule has 0 saturated carbocycles. The summed E-state index contributed by atoms with van der Waals surface area (Å²) in [5.41, 5.74) is -6.30. The van der Waals surface area contributed by atoms with Crippen LogP contribution >= 0.6 is 0 Å². The van der Waals surface area contributed by atoms with E-state index in [2.05, 4.69) is 0 Å². The number of hydrogen-bond donors (Lipinski definition) is 0. The Kier molecular flexibility index (Phi) is 6.89. The maximum atomic E-state index is 15.5. The van der Waals surface area contributed by atoms with Crippen LogP contribution in [0.5, 0.6) is 0 Å². The minimum Gasteiger partial charge on any atom is -0.336 e. The van der Waals surface area contributed by atoms with Gasteiger partial charge in [-0.2, -0.15) is 8.78 Å². The van der Waals surface area contributed by atoms with Crippen molar-refractivity contribution in [2.75, 3.05) is 11.4 Å². The standard InChI is InChI=1S/C25H16F11N/c1-2-3-4-5-9-37(11-8-6-7-10-12(11)16(27)21(32)20(31)15(10)26)23-17(28)13-14(19(30)22(23)33)25(35,36)24(34)18(13)29/h6-8H,2-5,9H2,1H3. The van der Waals surface area contributed by atoms with Crippen LogP contribution in [0, 0.1) is 40.7 Å². The maximum absolute atomic E-state index is 15.5. The van der Waals surface area contributed by atoms with E-state index >= 15 is 8.78 Å². The van der Waals surface area contributed by atoms with Crippen molar-refractivity contribution in [1.29, 1.82) is 0 Å². The summed E-state index contributed by atoms with van der Waals surface area (Å²) in [4.78, 5) is 0.480. The van der Waals surface area contributed by atoms with Crippen molar-refractivity contribution < 1.29 is 48.3 Å². The van der Waals surface area contributed by atoms with Gasteiger partial charge in [0, 0.05) is 17.3 Å². The summed E-state index contributed by atoms with van der Waals surface area (Å²) in [6.45, 7) is 1.31. The molecule has 3 aromatic rings. The highest BCUT2D eigenvalue weighted by Crippen LogP contribution is 2.54. The van der Waals surface area contributed by atoms with Crippen LogP contribution < -0.4 is 4.90 Å². The van der Waals surface area contributed by atoms with Gasteiger partial charge in [-0.05, 0) is 12.5 Å². The molecule has 0 unspecified atom stereocenters. The Balaban J connectivity index is 2.06. The number of fused-ring (bicyclic) bond motifs is 2. The second-order valence-electron chi connectivity index (χ2n) is 8.41. The Labute approximate surface area is 202 Å². The van der Waals surface area contributed by atoms with E-state index in [-0.39, 0.29) is 6.42 Å². The Hall–Kier alpha value is -3.31. The zero-order valence-electron chi connectivity index (χ0n) is 18.9. The highest BCUT2D eigenvalue weighted by atomic mass is 19.3. The van der Waals surface area contributed by atoms with Crippen LogP contribution in [-0.2, 0) is 5.92 Å². The van der Waals surface area contributed by atoms with Crippen LogP contribution in [0.2, 0.25) is 0 Å². The van der Waals surface area contributed by atoms with E-state index in [4.69, 9.17) is 0 Å². The Bertz CT molecular complexity index is 1450. The lowest BCUT2D eigenvalue weighted by molar-refractivity contribution is 0.0139. The summed E-state index contributed by atoms with van der Waals surface area (Å²) >= 11 is 0. The zero-order chi connectivity index (χ0) is 27.4. The predicted octanol–water partition coefficient (Wildman–Crippen LogP) is 9.24. The van der Waals surface area contributed by atoms with Crippen molar-refractivity contribution in [2.24, 2.45) is 0 Å². The number of unbranched alkanes of at least 4 members (excludes halogenated alkanes) is 3. The molecule has 0 fully saturated rings. The lowest BCUT2D eigenvalue weighted by Gasteiger charge is -2.29. The molecule has 0 radical (unpaired) electrons. The molecule has 0 bridgehead atoms. The number of alkyl halides is 2. The van der Waals surface area contributed by atoms with Crippen LogP contribution in [0.15, 0.2) is 24.0 Å². The third-order valence-corrected chi connectivity index (χ3v) is 6.17. The molecule has 0 amide bonds. The minimum absolute atomic E-state index is 0.0540. The molecule has 0 N–H and O–H groups in total. The van der Waals surface area contributed by atoms with Crippen molar-refractivity contribution in [3.63, 3.8) is 0 Å². The predicted molar refractivity (Wildman–Crippen MR) is 114 cm³/mol. The highest BCUT2D eigenvalue weighted by molar-refractivity contribution is 5.97. The Morgan fingerprint density at radius 3 is 2.00 bits per heavy atom. The second kappa shape index (κ2) is 9.53. The topological polar surface area (TPSA) is 3.24 Å². The zero-order valence-corrected chi connectivity index (χ0v) is 18.9. The van der Waals surface area contributed by atoms with E-state index in [1.807, 2.05) is 6.92 Å². The maximum Gasteiger partial charge on any atom is 0.330 e. The molecule has 0 spiro atoms. The van der Waals surface area contributed by atoms with E-state index in [1.54, 1.807) is 0 Å². The molecular weight excluding hydrogens is 523 g/mol. The van der Waals surface area contributed by atoms with Crippen LogP contribution in [0.1, 0.15) is 43.7 Å². The van der Waals surface area contributed by atoms with Gasteiger partial charge in [-0.25, -0.2) is 39.5 Å². The Morgan fingerprint density at radius 2 is 1.35 bits per heavy atom. The molecule has 37 heavy (non-hydrogen) atoms. The third-order valence-electron chi connectivity index (χ3n) is 6.17. The quantitative estimate of drug-likeness (QED) is 0.125. The van der Waals surface area contributed by atoms with Crippen LogP contribution in [0.3, 0.4) is 0 Å². The lowest BCUT2D eigenvalue weighted by Crippen LogP contribution is -2.25. The Morgan fingerprint density at radius 1 is 0.703 bits per heavy atom. The average Bonchev–Trinajstić information content (AvgIpc) is 3.05. The molecule has 1 aliphatic rings. The number of benzene rings is 3. The summed E-state index contributed by atoms with van der Waals surface area (Å²) in [7, 11) is 0. The van der Waals surface area contributed by atoms with Gasteiger partial charge in [-0.3, -0.25) is 0 Å². The smallest absolute Gasteiger partial charge is 0.330 e. The molecule has 1 nitrogen and oxygen atoms in total. The van der Waals surface area contributed by atoms with E-state index < -0.39 is 98.1 Å². The number of nitrogens with zero attached hydrogens (tertiary/aromatic N) is 1. The van der Waals surface area contributed by atoms with Gasteiger partial charge in [0.1, 0.15) is 5.69 Å². The van der Waals surface area contributed by atoms with Gasteiger partial charge in [0.25, 0.3) is 0 Å². The first-order valence-corrected chi connectivity index (χ1v) is 11.0. The fraction of sp³-hybridized carbons (Fsp3) is 0.280. The fourth-order valence-electron chi connectivity index (χ4n) is 4.39. The van der Waals surface area contributed by atoms with Crippen molar-refractivity contribution in [3.8, 4) is 0 Å². The summed E-state index contributed by atoms with van der Waals surface area (Å²) in [5, 5.41) is -1.85. The van der Waals surface area contributed by atoms with Gasteiger partial charge in [0.15, 0.2) is 46.5 Å². The minimum atomic E-state index is -5.01. The van der Waals surface area contributed by atoms with Gasteiger partial charge in [-0.15, -0.1) is 0 Å². The number of rotatable bonds is 7. The van der Waals surface area contributed by atoms with Crippen LogP contribution in [-0.4, -0.2) is 6.54 Å². The number of halogens is 11. The van der Waals surface area contributed by atoms with Crippen LogP contribution in [0.25, 0.3) is 16.6 Å². The number of allylic oxidation sites excluding steroid dienone is 1. The molecule has 0 aliphatic heterocycles. The van der Waals surface area contributed by atoms with E-state index in [1.165, 1.54) is 0 Å².